The Morgan fingerprint density at radius 2 is 1.79 bits per heavy atom. The molecule has 0 radical (unpaired) electrons. The summed E-state index contributed by atoms with van der Waals surface area (Å²) in [5.74, 6) is -0.544. The van der Waals surface area contributed by atoms with Crippen LogP contribution in [-0.4, -0.2) is 21.9 Å². The highest BCUT2D eigenvalue weighted by Crippen LogP contribution is 2.19. The number of hydrogen-bond donors (Lipinski definition) is 3. The SMILES string of the molecule is CCCCC(=O)Nc1cccc(NC(=S)NC(=O)c2ccc([N+](=O)[O-])c(C)c2)c1. The number of nitro benzene ring substituents is 1. The molecule has 8 nitrogen and oxygen atoms in total. The smallest absolute Gasteiger partial charge is 0.272 e. The molecular formula is C20H22N4O4S. The molecule has 2 aromatic rings. The Morgan fingerprint density at radius 1 is 1.10 bits per heavy atom. The Bertz CT molecular complexity index is 946. The first-order valence-corrected chi connectivity index (χ1v) is 9.48. The fourth-order valence-electron chi connectivity index (χ4n) is 2.57. The standard InChI is InChI=1S/C20H22N4O4S/c1-3-4-8-18(25)21-15-6-5-7-16(12-15)22-20(29)23-19(26)14-9-10-17(24(27)28)13(2)11-14/h5-7,9-12H,3-4,8H2,1-2H3,(H,21,25)(H2,22,23,26,29). The molecule has 29 heavy (non-hydrogen) atoms. The predicted octanol–water partition coefficient (Wildman–Crippen LogP) is 4.16. The lowest BCUT2D eigenvalue weighted by Crippen LogP contribution is -2.34. The number of aryl methyl sites for hydroxylation is 1. The van der Waals surface area contributed by atoms with Crippen LogP contribution in [0.1, 0.15) is 42.1 Å². The van der Waals surface area contributed by atoms with Crippen molar-refractivity contribution in [3.63, 3.8) is 0 Å². The van der Waals surface area contributed by atoms with E-state index in [2.05, 4.69) is 16.0 Å². The summed E-state index contributed by atoms with van der Waals surface area (Å²) in [5, 5.41) is 19.2. The Labute approximate surface area is 173 Å². The number of hydrogen-bond acceptors (Lipinski definition) is 5. The number of carbonyl (C=O) groups excluding carboxylic acids is 2. The third kappa shape index (κ3) is 6.65. The maximum absolute atomic E-state index is 12.3. The van der Waals surface area contributed by atoms with Gasteiger partial charge in [0.05, 0.1) is 4.92 Å². The number of nitrogens with zero attached hydrogens (tertiary/aromatic N) is 1. The minimum atomic E-state index is -0.503. The zero-order valence-electron chi connectivity index (χ0n) is 16.2. The van der Waals surface area contributed by atoms with Crippen molar-refractivity contribution in [1.29, 1.82) is 0 Å². The molecule has 152 valence electrons. The first kappa shape index (κ1) is 22.0. The van der Waals surface area contributed by atoms with E-state index in [9.17, 15) is 19.7 Å². The summed E-state index contributed by atoms with van der Waals surface area (Å²) in [4.78, 5) is 34.5. The van der Waals surface area contributed by atoms with Crippen molar-refractivity contribution in [1.82, 2.24) is 5.32 Å². The molecule has 2 rings (SSSR count). The van der Waals surface area contributed by atoms with Crippen molar-refractivity contribution in [2.45, 2.75) is 33.1 Å². The molecule has 0 heterocycles. The van der Waals surface area contributed by atoms with Gasteiger partial charge in [0.2, 0.25) is 5.91 Å². The molecule has 9 heteroatoms. The Kier molecular flexibility index (Phi) is 7.79. The second-order valence-electron chi connectivity index (χ2n) is 6.40. The lowest BCUT2D eigenvalue weighted by molar-refractivity contribution is -0.385. The summed E-state index contributed by atoms with van der Waals surface area (Å²) in [6.07, 6.45) is 2.22. The highest BCUT2D eigenvalue weighted by atomic mass is 32.1. The van der Waals surface area contributed by atoms with E-state index in [0.29, 0.717) is 23.4 Å². The van der Waals surface area contributed by atoms with E-state index in [1.54, 1.807) is 31.2 Å². The number of unbranched alkanes of at least 4 members (excludes halogenated alkanes) is 1. The van der Waals surface area contributed by atoms with Gasteiger partial charge in [-0.25, -0.2) is 0 Å². The van der Waals surface area contributed by atoms with Crippen molar-refractivity contribution in [3.8, 4) is 0 Å². The minimum Gasteiger partial charge on any atom is -0.332 e. The summed E-state index contributed by atoms with van der Waals surface area (Å²) in [7, 11) is 0. The first-order valence-electron chi connectivity index (χ1n) is 9.07. The quantitative estimate of drug-likeness (QED) is 0.356. The number of nitrogens with one attached hydrogen (secondary N) is 3. The van der Waals surface area contributed by atoms with E-state index in [4.69, 9.17) is 12.2 Å². The molecule has 0 saturated heterocycles. The van der Waals surface area contributed by atoms with Gasteiger partial charge in [-0.05, 0) is 55.9 Å². The van der Waals surface area contributed by atoms with Gasteiger partial charge >= 0.3 is 0 Å². The fourth-order valence-corrected chi connectivity index (χ4v) is 2.79. The third-order valence-electron chi connectivity index (χ3n) is 4.04. The van der Waals surface area contributed by atoms with Crippen molar-refractivity contribution in [3.05, 3.63) is 63.7 Å². The van der Waals surface area contributed by atoms with E-state index in [0.717, 1.165) is 12.8 Å². The van der Waals surface area contributed by atoms with Crippen LogP contribution in [0.5, 0.6) is 0 Å². The van der Waals surface area contributed by atoms with Crippen LogP contribution in [0.4, 0.5) is 17.1 Å². The molecule has 0 aromatic heterocycles. The third-order valence-corrected chi connectivity index (χ3v) is 4.25. The summed E-state index contributed by atoms with van der Waals surface area (Å²) in [6, 6.07) is 11.1. The maximum Gasteiger partial charge on any atom is 0.272 e. The number of carbonyl (C=O) groups is 2. The van der Waals surface area contributed by atoms with Crippen molar-refractivity contribution >= 4 is 46.2 Å². The number of benzene rings is 2. The Morgan fingerprint density at radius 3 is 2.41 bits per heavy atom. The summed E-state index contributed by atoms with van der Waals surface area (Å²) < 4.78 is 0. The van der Waals surface area contributed by atoms with Crippen molar-refractivity contribution in [2.24, 2.45) is 0 Å². The van der Waals surface area contributed by atoms with Gasteiger partial charge in [-0.1, -0.05) is 19.4 Å². The van der Waals surface area contributed by atoms with Crippen molar-refractivity contribution in [2.75, 3.05) is 10.6 Å². The monoisotopic (exact) mass is 414 g/mol. The average molecular weight is 414 g/mol. The molecule has 0 aliphatic heterocycles. The Hall–Kier alpha value is -3.33. The van der Waals surface area contributed by atoms with E-state index < -0.39 is 10.8 Å². The molecule has 0 aliphatic carbocycles. The molecule has 0 bridgehead atoms. The van der Waals surface area contributed by atoms with Gasteiger partial charge in [-0.15, -0.1) is 0 Å². The normalized spacial score (nSPS) is 10.1. The molecule has 0 spiro atoms. The topological polar surface area (TPSA) is 113 Å². The van der Waals surface area contributed by atoms with Crippen LogP contribution in [0.2, 0.25) is 0 Å². The lowest BCUT2D eigenvalue weighted by Gasteiger charge is -2.11. The van der Waals surface area contributed by atoms with Gasteiger partial charge < -0.3 is 10.6 Å². The van der Waals surface area contributed by atoms with E-state index in [1.165, 1.54) is 18.2 Å². The summed E-state index contributed by atoms with van der Waals surface area (Å²) in [5.41, 5.74) is 1.81. The fraction of sp³-hybridized carbons (Fsp3) is 0.250. The average Bonchev–Trinajstić information content (AvgIpc) is 2.66. The number of amides is 2. The van der Waals surface area contributed by atoms with Gasteiger partial charge in [0.1, 0.15) is 0 Å². The van der Waals surface area contributed by atoms with E-state index >= 15 is 0 Å². The van der Waals surface area contributed by atoms with Crippen LogP contribution in [-0.2, 0) is 4.79 Å². The van der Waals surface area contributed by atoms with Crippen LogP contribution >= 0.6 is 12.2 Å². The van der Waals surface area contributed by atoms with Gasteiger partial charge in [-0.2, -0.15) is 0 Å². The highest BCUT2D eigenvalue weighted by Gasteiger charge is 2.14. The van der Waals surface area contributed by atoms with E-state index in [-0.39, 0.29) is 22.3 Å². The molecular weight excluding hydrogens is 392 g/mol. The van der Waals surface area contributed by atoms with Gasteiger partial charge in [0, 0.05) is 35.0 Å². The molecule has 2 amide bonds. The molecule has 3 N–H and O–H groups in total. The molecule has 0 fully saturated rings. The first-order chi connectivity index (χ1) is 13.8. The van der Waals surface area contributed by atoms with Crippen LogP contribution in [0.15, 0.2) is 42.5 Å². The van der Waals surface area contributed by atoms with Gasteiger partial charge in [-0.3, -0.25) is 25.0 Å². The van der Waals surface area contributed by atoms with Gasteiger partial charge in [0.15, 0.2) is 5.11 Å². The van der Waals surface area contributed by atoms with Crippen LogP contribution < -0.4 is 16.0 Å². The number of nitro groups is 1. The van der Waals surface area contributed by atoms with Gasteiger partial charge in [0.25, 0.3) is 11.6 Å². The minimum absolute atomic E-state index is 0.0555. The van der Waals surface area contributed by atoms with Crippen LogP contribution in [0.3, 0.4) is 0 Å². The second-order valence-corrected chi connectivity index (χ2v) is 6.81. The van der Waals surface area contributed by atoms with E-state index in [1.807, 2.05) is 6.92 Å². The predicted molar refractivity (Wildman–Crippen MR) is 116 cm³/mol. The second kappa shape index (κ2) is 10.3. The van der Waals surface area contributed by atoms with Crippen LogP contribution in [0, 0.1) is 17.0 Å². The number of thiocarbonyl (C=S) groups is 1. The summed E-state index contributed by atoms with van der Waals surface area (Å²) in [6.45, 7) is 3.58. The Balaban J connectivity index is 1.97. The number of rotatable bonds is 7. The molecule has 0 atom stereocenters. The number of anilines is 2. The largest absolute Gasteiger partial charge is 0.332 e. The van der Waals surface area contributed by atoms with Crippen molar-refractivity contribution < 1.29 is 14.5 Å². The zero-order chi connectivity index (χ0) is 21.4. The molecule has 0 saturated carbocycles. The molecule has 2 aromatic carbocycles. The lowest BCUT2D eigenvalue weighted by atomic mass is 10.1. The molecule has 0 aliphatic rings. The summed E-state index contributed by atoms with van der Waals surface area (Å²) >= 11 is 5.16. The molecule has 0 unspecified atom stereocenters. The highest BCUT2D eigenvalue weighted by molar-refractivity contribution is 7.80. The van der Waals surface area contributed by atoms with Crippen LogP contribution in [0.25, 0.3) is 0 Å². The zero-order valence-corrected chi connectivity index (χ0v) is 17.0. The maximum atomic E-state index is 12.3.